The average Bonchev–Trinajstić information content (AvgIpc) is 2.87. The van der Waals surface area contributed by atoms with Crippen molar-refractivity contribution >= 4 is 16.9 Å². The van der Waals surface area contributed by atoms with Crippen molar-refractivity contribution < 1.29 is 4.79 Å². The molecule has 3 rings (SSSR count). The third kappa shape index (κ3) is 2.41. The number of benzene rings is 1. The Labute approximate surface area is 113 Å². The van der Waals surface area contributed by atoms with Crippen molar-refractivity contribution in [2.45, 2.75) is 6.54 Å². The number of carbonyl (C=O) groups is 1. The molecule has 100 valence electrons. The first-order chi connectivity index (χ1) is 9.72. The van der Waals surface area contributed by atoms with Crippen molar-refractivity contribution in [3.05, 3.63) is 58.5 Å². The lowest BCUT2D eigenvalue weighted by Crippen LogP contribution is -2.26. The van der Waals surface area contributed by atoms with E-state index in [4.69, 9.17) is 0 Å². The molecule has 2 heterocycles. The van der Waals surface area contributed by atoms with Crippen molar-refractivity contribution in [1.82, 2.24) is 25.3 Å². The number of hydrogen-bond donors (Lipinski definition) is 3. The van der Waals surface area contributed by atoms with E-state index in [2.05, 4.69) is 25.3 Å². The predicted octanol–water partition coefficient (Wildman–Crippen LogP) is 0.576. The molecular weight excluding hydrogens is 258 g/mol. The molecule has 0 fully saturated rings. The van der Waals surface area contributed by atoms with Gasteiger partial charge >= 0.3 is 0 Å². The summed E-state index contributed by atoms with van der Waals surface area (Å²) >= 11 is 0. The lowest BCUT2D eigenvalue weighted by Gasteiger charge is -2.01. The van der Waals surface area contributed by atoms with Crippen molar-refractivity contribution in [3.63, 3.8) is 0 Å². The highest BCUT2D eigenvalue weighted by Crippen LogP contribution is 2.09. The largest absolute Gasteiger partial charge is 0.343 e. The monoisotopic (exact) mass is 269 g/mol. The molecule has 0 atom stereocenters. The summed E-state index contributed by atoms with van der Waals surface area (Å²) in [6.45, 7) is 0.238. The van der Waals surface area contributed by atoms with E-state index in [1.807, 2.05) is 24.3 Å². The summed E-state index contributed by atoms with van der Waals surface area (Å²) in [6.07, 6.45) is 1.19. The van der Waals surface area contributed by atoms with Gasteiger partial charge in [-0.3, -0.25) is 9.59 Å². The third-order valence-corrected chi connectivity index (χ3v) is 2.77. The first-order valence-electron chi connectivity index (χ1n) is 5.99. The molecule has 2 aromatic heterocycles. The number of hydrogen-bond acceptors (Lipinski definition) is 4. The molecule has 3 aromatic rings. The van der Waals surface area contributed by atoms with Crippen LogP contribution in [-0.2, 0) is 6.54 Å². The van der Waals surface area contributed by atoms with Crippen LogP contribution in [0.2, 0.25) is 0 Å². The Hall–Kier alpha value is -2.96. The number of aromatic amines is 2. The molecule has 0 saturated heterocycles. The van der Waals surface area contributed by atoms with Crippen molar-refractivity contribution in [2.24, 2.45) is 0 Å². The first-order valence-corrected chi connectivity index (χ1v) is 5.99. The molecule has 0 bridgehead atoms. The zero-order valence-electron chi connectivity index (χ0n) is 10.4. The fraction of sp³-hybridized carbons (Fsp3) is 0.0769. The Morgan fingerprint density at radius 2 is 2.15 bits per heavy atom. The Kier molecular flexibility index (Phi) is 3.00. The average molecular weight is 269 g/mol. The van der Waals surface area contributed by atoms with Gasteiger partial charge in [0.15, 0.2) is 0 Å². The molecule has 0 spiro atoms. The molecule has 1 amide bonds. The van der Waals surface area contributed by atoms with Crippen LogP contribution in [0.3, 0.4) is 0 Å². The standard InChI is InChI=1S/C13H11N5O2/c19-12-5-10(15-7-16-12)13(20)14-6-11-17-8-3-1-2-4-9(8)18-11/h1-5,7H,6H2,(H,14,20)(H,17,18)(H,15,16,19). The van der Waals surface area contributed by atoms with Gasteiger partial charge in [0.1, 0.15) is 11.5 Å². The maximum atomic E-state index is 11.8. The molecule has 20 heavy (non-hydrogen) atoms. The fourth-order valence-corrected chi connectivity index (χ4v) is 1.84. The lowest BCUT2D eigenvalue weighted by molar-refractivity contribution is 0.0944. The van der Waals surface area contributed by atoms with Gasteiger partial charge in [-0.25, -0.2) is 9.97 Å². The summed E-state index contributed by atoms with van der Waals surface area (Å²) in [7, 11) is 0. The Morgan fingerprint density at radius 1 is 1.30 bits per heavy atom. The van der Waals surface area contributed by atoms with Gasteiger partial charge in [-0.2, -0.15) is 0 Å². The highest BCUT2D eigenvalue weighted by atomic mass is 16.2. The second-order valence-corrected chi connectivity index (χ2v) is 4.18. The summed E-state index contributed by atoms with van der Waals surface area (Å²) in [6, 6.07) is 8.74. The number of amides is 1. The van der Waals surface area contributed by atoms with Gasteiger partial charge in [0.25, 0.3) is 11.5 Å². The number of rotatable bonds is 3. The zero-order chi connectivity index (χ0) is 13.9. The Balaban J connectivity index is 1.73. The molecule has 0 unspecified atom stereocenters. The van der Waals surface area contributed by atoms with E-state index in [1.165, 1.54) is 6.33 Å². The molecule has 7 nitrogen and oxygen atoms in total. The minimum Gasteiger partial charge on any atom is -0.343 e. The SMILES string of the molecule is O=C(NCc1nc2ccccc2[nH]1)c1cc(=O)[nH]cn1. The quantitative estimate of drug-likeness (QED) is 0.646. The fourth-order valence-electron chi connectivity index (χ4n) is 1.84. The van der Waals surface area contributed by atoms with Crippen LogP contribution >= 0.6 is 0 Å². The van der Waals surface area contributed by atoms with E-state index in [1.54, 1.807) is 0 Å². The molecule has 0 saturated carbocycles. The van der Waals surface area contributed by atoms with Crippen molar-refractivity contribution in [3.8, 4) is 0 Å². The highest BCUT2D eigenvalue weighted by Gasteiger charge is 2.08. The van der Waals surface area contributed by atoms with E-state index in [0.29, 0.717) is 5.82 Å². The van der Waals surface area contributed by atoms with Crippen LogP contribution in [0.25, 0.3) is 11.0 Å². The van der Waals surface area contributed by atoms with E-state index in [0.717, 1.165) is 17.1 Å². The number of para-hydroxylation sites is 2. The highest BCUT2D eigenvalue weighted by molar-refractivity contribution is 5.92. The van der Waals surface area contributed by atoms with Gasteiger partial charge < -0.3 is 15.3 Å². The summed E-state index contributed by atoms with van der Waals surface area (Å²) in [5.74, 6) is 0.223. The minimum absolute atomic E-state index is 0.0739. The summed E-state index contributed by atoms with van der Waals surface area (Å²) in [5.41, 5.74) is 1.45. The number of aromatic nitrogens is 4. The maximum Gasteiger partial charge on any atom is 0.270 e. The number of fused-ring (bicyclic) bond motifs is 1. The molecule has 3 N–H and O–H groups in total. The summed E-state index contributed by atoms with van der Waals surface area (Å²) in [4.78, 5) is 36.5. The zero-order valence-corrected chi connectivity index (χ0v) is 10.4. The number of nitrogens with one attached hydrogen (secondary N) is 3. The van der Waals surface area contributed by atoms with Crippen LogP contribution in [-0.4, -0.2) is 25.8 Å². The molecular formula is C13H11N5O2. The second-order valence-electron chi connectivity index (χ2n) is 4.18. The molecule has 0 aliphatic carbocycles. The van der Waals surface area contributed by atoms with E-state index in [-0.39, 0.29) is 17.8 Å². The number of carbonyl (C=O) groups excluding carboxylic acids is 1. The second kappa shape index (κ2) is 4.96. The van der Waals surface area contributed by atoms with E-state index >= 15 is 0 Å². The number of nitrogens with zero attached hydrogens (tertiary/aromatic N) is 2. The van der Waals surface area contributed by atoms with Gasteiger partial charge in [0, 0.05) is 6.07 Å². The van der Waals surface area contributed by atoms with Crippen LogP contribution < -0.4 is 10.9 Å². The number of H-pyrrole nitrogens is 2. The molecule has 1 aromatic carbocycles. The van der Waals surface area contributed by atoms with Crippen LogP contribution in [0, 0.1) is 0 Å². The molecule has 0 aliphatic heterocycles. The maximum absolute atomic E-state index is 11.8. The first kappa shape index (κ1) is 12.1. The van der Waals surface area contributed by atoms with Crippen molar-refractivity contribution in [2.75, 3.05) is 0 Å². The van der Waals surface area contributed by atoms with Crippen LogP contribution in [0.15, 0.2) is 41.5 Å². The predicted molar refractivity (Wildman–Crippen MR) is 72.1 cm³/mol. The van der Waals surface area contributed by atoms with Gasteiger partial charge in [-0.1, -0.05) is 12.1 Å². The third-order valence-electron chi connectivity index (χ3n) is 2.77. The molecule has 0 radical (unpaired) electrons. The van der Waals surface area contributed by atoms with Gasteiger partial charge in [0.05, 0.1) is 23.9 Å². The van der Waals surface area contributed by atoms with Gasteiger partial charge in [-0.05, 0) is 12.1 Å². The smallest absolute Gasteiger partial charge is 0.270 e. The molecule has 7 heteroatoms. The number of imidazole rings is 1. The molecule has 0 aliphatic rings. The van der Waals surface area contributed by atoms with Crippen LogP contribution in [0.4, 0.5) is 0 Å². The van der Waals surface area contributed by atoms with Crippen LogP contribution in [0.5, 0.6) is 0 Å². The van der Waals surface area contributed by atoms with Gasteiger partial charge in [-0.15, -0.1) is 0 Å². The Morgan fingerprint density at radius 3 is 2.95 bits per heavy atom. The van der Waals surface area contributed by atoms with Gasteiger partial charge in [0.2, 0.25) is 0 Å². The minimum atomic E-state index is -0.420. The Bertz CT molecular complexity index is 787. The lowest BCUT2D eigenvalue weighted by atomic mass is 10.3. The van der Waals surface area contributed by atoms with E-state index in [9.17, 15) is 9.59 Å². The normalized spacial score (nSPS) is 10.6. The van der Waals surface area contributed by atoms with Crippen molar-refractivity contribution in [1.29, 1.82) is 0 Å². The summed E-state index contributed by atoms with van der Waals surface area (Å²) < 4.78 is 0. The van der Waals surface area contributed by atoms with E-state index < -0.39 is 5.91 Å². The summed E-state index contributed by atoms with van der Waals surface area (Å²) in [5, 5.41) is 2.66. The topological polar surface area (TPSA) is 104 Å². The van der Waals surface area contributed by atoms with Crippen LogP contribution in [0.1, 0.15) is 16.3 Å².